The van der Waals surface area contributed by atoms with Crippen molar-refractivity contribution in [2.45, 2.75) is 25.7 Å². The summed E-state index contributed by atoms with van der Waals surface area (Å²) in [6.07, 6.45) is -0.530. The molecule has 0 spiro atoms. The van der Waals surface area contributed by atoms with Crippen molar-refractivity contribution in [1.29, 1.82) is 0 Å². The number of amides is 1. The van der Waals surface area contributed by atoms with Gasteiger partial charge >= 0.3 is 0 Å². The molecule has 1 amide bonds. The summed E-state index contributed by atoms with van der Waals surface area (Å²) < 4.78 is 5.66. The quantitative estimate of drug-likeness (QED) is 0.628. The molecule has 0 radical (unpaired) electrons. The highest BCUT2D eigenvalue weighted by molar-refractivity contribution is 7.98. The molecule has 0 heterocycles. The second kappa shape index (κ2) is 9.95. The van der Waals surface area contributed by atoms with Crippen molar-refractivity contribution < 1.29 is 9.53 Å². The van der Waals surface area contributed by atoms with Gasteiger partial charge in [0.15, 0.2) is 6.10 Å². The van der Waals surface area contributed by atoms with Crippen LogP contribution in [-0.4, -0.2) is 24.3 Å². The minimum Gasteiger partial charge on any atom is -0.481 e. The molecule has 0 unspecified atom stereocenters. The topological polar surface area (TPSA) is 38.3 Å². The minimum atomic E-state index is -0.530. The van der Waals surface area contributed by atoms with Gasteiger partial charge in [-0.3, -0.25) is 4.79 Å². The zero-order valence-electron chi connectivity index (χ0n) is 14.2. The van der Waals surface area contributed by atoms with Gasteiger partial charge in [0.1, 0.15) is 5.75 Å². The van der Waals surface area contributed by atoms with Crippen LogP contribution < -0.4 is 10.1 Å². The summed E-state index contributed by atoms with van der Waals surface area (Å²) in [6, 6.07) is 13.2. The molecule has 1 N–H and O–H groups in total. The molecule has 2 aromatic carbocycles. The molecule has 2 rings (SSSR count). The van der Waals surface area contributed by atoms with E-state index in [0.717, 1.165) is 22.6 Å². The number of rotatable bonds is 8. The Hall–Kier alpha value is -1.36. The van der Waals surface area contributed by atoms with Crippen LogP contribution in [0.15, 0.2) is 42.5 Å². The Labute approximate surface area is 163 Å². The summed E-state index contributed by atoms with van der Waals surface area (Å²) in [4.78, 5) is 12.1. The predicted molar refractivity (Wildman–Crippen MR) is 107 cm³/mol. The summed E-state index contributed by atoms with van der Waals surface area (Å²) in [5, 5.41) is 4.19. The summed E-state index contributed by atoms with van der Waals surface area (Å²) in [7, 11) is 0. The fourth-order valence-corrected chi connectivity index (χ4v) is 3.57. The number of nitrogens with one attached hydrogen (secondary N) is 1. The van der Waals surface area contributed by atoms with Crippen molar-refractivity contribution in [2.75, 3.05) is 12.3 Å². The fraction of sp³-hybridized carbons (Fsp3) is 0.316. The van der Waals surface area contributed by atoms with Gasteiger partial charge < -0.3 is 10.1 Å². The van der Waals surface area contributed by atoms with E-state index in [-0.39, 0.29) is 5.91 Å². The molecule has 0 aliphatic heterocycles. The van der Waals surface area contributed by atoms with Gasteiger partial charge in [0.2, 0.25) is 0 Å². The first kappa shape index (κ1) is 20.0. The lowest BCUT2D eigenvalue weighted by molar-refractivity contribution is -0.127. The molecule has 2 aromatic rings. The number of thioether (sulfide) groups is 1. The molecule has 0 bridgehead atoms. The number of carbonyl (C=O) groups is 1. The van der Waals surface area contributed by atoms with E-state index < -0.39 is 6.10 Å². The molecular weight excluding hydrogens is 377 g/mol. The van der Waals surface area contributed by atoms with E-state index in [1.54, 1.807) is 24.8 Å². The number of aryl methyl sites for hydroxylation is 1. The summed E-state index contributed by atoms with van der Waals surface area (Å²) in [5.41, 5.74) is 2.14. The van der Waals surface area contributed by atoms with Gasteiger partial charge in [0, 0.05) is 28.1 Å². The van der Waals surface area contributed by atoms with Crippen LogP contribution in [0.25, 0.3) is 0 Å². The Morgan fingerprint density at radius 3 is 2.76 bits per heavy atom. The zero-order valence-corrected chi connectivity index (χ0v) is 16.5. The third-order valence-electron chi connectivity index (χ3n) is 3.49. The van der Waals surface area contributed by atoms with Crippen LogP contribution >= 0.6 is 35.0 Å². The summed E-state index contributed by atoms with van der Waals surface area (Å²) in [5.74, 6) is 2.16. The molecule has 25 heavy (non-hydrogen) atoms. The maximum Gasteiger partial charge on any atom is 0.260 e. The molecule has 0 aromatic heterocycles. The molecule has 0 aliphatic rings. The highest BCUT2D eigenvalue weighted by Crippen LogP contribution is 2.24. The van der Waals surface area contributed by atoms with Crippen molar-refractivity contribution in [3.63, 3.8) is 0 Å². The van der Waals surface area contributed by atoms with Crippen molar-refractivity contribution in [1.82, 2.24) is 5.32 Å². The van der Waals surface area contributed by atoms with Gasteiger partial charge in [-0.1, -0.05) is 41.4 Å². The van der Waals surface area contributed by atoms with Gasteiger partial charge in [-0.15, -0.1) is 0 Å². The lowest BCUT2D eigenvalue weighted by Gasteiger charge is -2.15. The van der Waals surface area contributed by atoms with Crippen molar-refractivity contribution in [2.24, 2.45) is 0 Å². The fourth-order valence-electron chi connectivity index (χ4n) is 2.16. The lowest BCUT2D eigenvalue weighted by Crippen LogP contribution is -2.37. The van der Waals surface area contributed by atoms with Gasteiger partial charge in [-0.05, 0) is 49.2 Å². The second-order valence-electron chi connectivity index (χ2n) is 5.66. The van der Waals surface area contributed by atoms with E-state index in [4.69, 9.17) is 27.9 Å². The minimum absolute atomic E-state index is 0.119. The van der Waals surface area contributed by atoms with Crippen LogP contribution in [0.5, 0.6) is 5.75 Å². The number of benzene rings is 2. The Kier molecular flexibility index (Phi) is 7.94. The third kappa shape index (κ3) is 6.81. The van der Waals surface area contributed by atoms with Gasteiger partial charge in [0.05, 0.1) is 0 Å². The largest absolute Gasteiger partial charge is 0.481 e. The molecule has 6 heteroatoms. The third-order valence-corrected chi connectivity index (χ3v) is 5.08. The molecule has 0 aliphatic carbocycles. The number of hydrogen-bond acceptors (Lipinski definition) is 3. The van der Waals surface area contributed by atoms with Gasteiger partial charge in [-0.25, -0.2) is 0 Å². The smallest absolute Gasteiger partial charge is 0.260 e. The van der Waals surface area contributed by atoms with Crippen LogP contribution in [0.3, 0.4) is 0 Å². The highest BCUT2D eigenvalue weighted by Gasteiger charge is 2.14. The van der Waals surface area contributed by atoms with E-state index in [0.29, 0.717) is 22.3 Å². The summed E-state index contributed by atoms with van der Waals surface area (Å²) in [6.45, 7) is 4.32. The Morgan fingerprint density at radius 2 is 2.04 bits per heavy atom. The molecule has 0 fully saturated rings. The monoisotopic (exact) mass is 397 g/mol. The standard InChI is InChI=1S/C19H21Cl2NO2S/c1-13-4-3-5-17(10-13)24-14(2)19(23)22-8-9-25-12-15-6-7-16(20)11-18(15)21/h3-7,10-11,14H,8-9,12H2,1-2H3,(H,22,23)/t14-/m0/s1. The van der Waals surface area contributed by atoms with E-state index >= 15 is 0 Å². The lowest BCUT2D eigenvalue weighted by atomic mass is 10.2. The normalized spacial score (nSPS) is 11.8. The summed E-state index contributed by atoms with van der Waals surface area (Å²) >= 11 is 13.7. The Bertz CT molecular complexity index is 724. The van der Waals surface area contributed by atoms with Crippen LogP contribution in [0.1, 0.15) is 18.1 Å². The van der Waals surface area contributed by atoms with Crippen LogP contribution in [0.4, 0.5) is 0 Å². The Morgan fingerprint density at radius 1 is 1.24 bits per heavy atom. The van der Waals surface area contributed by atoms with Crippen LogP contribution in [0.2, 0.25) is 10.0 Å². The van der Waals surface area contributed by atoms with E-state index in [2.05, 4.69) is 5.32 Å². The first-order chi connectivity index (χ1) is 12.0. The van der Waals surface area contributed by atoms with Crippen molar-refractivity contribution in [3.8, 4) is 5.75 Å². The number of halogens is 2. The SMILES string of the molecule is Cc1cccc(O[C@@H](C)C(=O)NCCSCc2ccc(Cl)cc2Cl)c1. The number of ether oxygens (including phenoxy) is 1. The van der Waals surface area contributed by atoms with Crippen molar-refractivity contribution in [3.05, 3.63) is 63.6 Å². The molecule has 0 saturated carbocycles. The molecule has 3 nitrogen and oxygen atoms in total. The molecule has 0 saturated heterocycles. The number of carbonyl (C=O) groups excluding carboxylic acids is 1. The average molecular weight is 398 g/mol. The number of hydrogen-bond donors (Lipinski definition) is 1. The van der Waals surface area contributed by atoms with Crippen LogP contribution in [0, 0.1) is 6.92 Å². The molecule has 134 valence electrons. The van der Waals surface area contributed by atoms with E-state index in [1.165, 1.54) is 0 Å². The maximum atomic E-state index is 12.1. The highest BCUT2D eigenvalue weighted by atomic mass is 35.5. The first-order valence-corrected chi connectivity index (χ1v) is 9.89. The Balaban J connectivity index is 1.67. The second-order valence-corrected chi connectivity index (χ2v) is 7.60. The zero-order chi connectivity index (χ0) is 18.2. The molecule has 1 atom stereocenters. The van der Waals surface area contributed by atoms with E-state index in [9.17, 15) is 4.79 Å². The van der Waals surface area contributed by atoms with Crippen molar-refractivity contribution >= 4 is 40.9 Å². The van der Waals surface area contributed by atoms with Gasteiger partial charge in [-0.2, -0.15) is 11.8 Å². The van der Waals surface area contributed by atoms with Crippen LogP contribution in [-0.2, 0) is 10.5 Å². The van der Waals surface area contributed by atoms with Gasteiger partial charge in [0.25, 0.3) is 5.91 Å². The average Bonchev–Trinajstić information content (AvgIpc) is 2.56. The molecular formula is C19H21Cl2NO2S. The predicted octanol–water partition coefficient (Wildman–Crippen LogP) is 5.12. The maximum absolute atomic E-state index is 12.1. The first-order valence-electron chi connectivity index (χ1n) is 7.98. The van der Waals surface area contributed by atoms with E-state index in [1.807, 2.05) is 43.3 Å².